The van der Waals surface area contributed by atoms with Crippen LogP contribution in [0, 0.1) is 11.8 Å². The van der Waals surface area contributed by atoms with Gasteiger partial charge in [-0.2, -0.15) is 0 Å². The van der Waals surface area contributed by atoms with Crippen LogP contribution in [0.15, 0.2) is 11.6 Å². The second-order valence-electron chi connectivity index (χ2n) is 5.22. The maximum atomic E-state index is 4.37. The van der Waals surface area contributed by atoms with Crippen molar-refractivity contribution in [2.75, 3.05) is 0 Å². The minimum absolute atomic E-state index is 0.408. The van der Waals surface area contributed by atoms with Crippen LogP contribution in [0.5, 0.6) is 0 Å². The highest BCUT2D eigenvalue weighted by atomic mass is 32.1. The van der Waals surface area contributed by atoms with Gasteiger partial charge in [0.05, 0.1) is 6.04 Å². The monoisotopic (exact) mass is 238 g/mol. The molecule has 4 unspecified atom stereocenters. The predicted octanol–water partition coefficient (Wildman–Crippen LogP) is 3.62. The standard InChI is InChI=1S/C13H22N2S/c1-9-4-5-12(8-10(9)2)15-11(3)13-14-6-7-16-13/h6-7,9-12,15H,4-5,8H2,1-3H3. The molecule has 1 N–H and O–H groups in total. The van der Waals surface area contributed by atoms with Crippen LogP contribution in [-0.2, 0) is 0 Å². The Labute approximate surface area is 102 Å². The van der Waals surface area contributed by atoms with E-state index in [0.29, 0.717) is 12.1 Å². The molecule has 0 aromatic carbocycles. The number of nitrogens with one attached hydrogen (secondary N) is 1. The van der Waals surface area contributed by atoms with Gasteiger partial charge in [0, 0.05) is 17.6 Å². The molecule has 0 aliphatic heterocycles. The molecule has 1 aromatic rings. The summed E-state index contributed by atoms with van der Waals surface area (Å²) in [5.41, 5.74) is 0. The molecular weight excluding hydrogens is 216 g/mol. The van der Waals surface area contributed by atoms with E-state index >= 15 is 0 Å². The van der Waals surface area contributed by atoms with Crippen molar-refractivity contribution in [2.24, 2.45) is 11.8 Å². The maximum absolute atomic E-state index is 4.37. The average molecular weight is 238 g/mol. The molecule has 2 nitrogen and oxygen atoms in total. The van der Waals surface area contributed by atoms with E-state index < -0.39 is 0 Å². The third kappa shape index (κ3) is 2.83. The van der Waals surface area contributed by atoms with Gasteiger partial charge < -0.3 is 5.32 Å². The van der Waals surface area contributed by atoms with Gasteiger partial charge in [0.2, 0.25) is 0 Å². The van der Waals surface area contributed by atoms with E-state index in [4.69, 9.17) is 0 Å². The largest absolute Gasteiger partial charge is 0.305 e. The molecule has 0 bridgehead atoms. The molecule has 3 heteroatoms. The Morgan fingerprint density at radius 2 is 2.19 bits per heavy atom. The first-order valence-electron chi connectivity index (χ1n) is 6.32. The highest BCUT2D eigenvalue weighted by Crippen LogP contribution is 2.30. The molecule has 1 saturated carbocycles. The van der Waals surface area contributed by atoms with Gasteiger partial charge in [-0.1, -0.05) is 13.8 Å². The van der Waals surface area contributed by atoms with E-state index in [1.807, 2.05) is 6.20 Å². The summed E-state index contributed by atoms with van der Waals surface area (Å²) in [5, 5.41) is 6.99. The van der Waals surface area contributed by atoms with Gasteiger partial charge in [-0.05, 0) is 38.0 Å². The molecule has 0 radical (unpaired) electrons. The molecule has 1 aromatic heterocycles. The first-order chi connectivity index (χ1) is 7.66. The van der Waals surface area contributed by atoms with E-state index in [1.165, 1.54) is 24.3 Å². The van der Waals surface area contributed by atoms with E-state index in [0.717, 1.165) is 11.8 Å². The first-order valence-corrected chi connectivity index (χ1v) is 7.20. The molecule has 2 rings (SSSR count). The van der Waals surface area contributed by atoms with Crippen LogP contribution >= 0.6 is 11.3 Å². The minimum Gasteiger partial charge on any atom is -0.305 e. The van der Waals surface area contributed by atoms with Crippen molar-refractivity contribution in [3.8, 4) is 0 Å². The fourth-order valence-corrected chi connectivity index (χ4v) is 3.23. The van der Waals surface area contributed by atoms with Crippen molar-refractivity contribution in [1.82, 2.24) is 10.3 Å². The van der Waals surface area contributed by atoms with Crippen molar-refractivity contribution >= 4 is 11.3 Å². The second kappa shape index (κ2) is 5.28. The zero-order valence-electron chi connectivity index (χ0n) is 10.4. The highest BCUT2D eigenvalue weighted by Gasteiger charge is 2.25. The second-order valence-corrected chi connectivity index (χ2v) is 6.15. The van der Waals surface area contributed by atoms with Crippen molar-refractivity contribution in [2.45, 2.75) is 52.1 Å². The molecule has 90 valence electrons. The number of aromatic nitrogens is 1. The third-order valence-electron chi connectivity index (χ3n) is 3.91. The fourth-order valence-electron chi connectivity index (χ4n) is 2.57. The van der Waals surface area contributed by atoms with Gasteiger partial charge in [0.15, 0.2) is 0 Å². The summed E-state index contributed by atoms with van der Waals surface area (Å²) < 4.78 is 0. The molecular formula is C13H22N2S. The van der Waals surface area contributed by atoms with Crippen LogP contribution in [0.3, 0.4) is 0 Å². The van der Waals surface area contributed by atoms with Gasteiger partial charge >= 0.3 is 0 Å². The fraction of sp³-hybridized carbons (Fsp3) is 0.769. The molecule has 1 heterocycles. The Hall–Kier alpha value is -0.410. The lowest BCUT2D eigenvalue weighted by Gasteiger charge is -2.34. The molecule has 1 fully saturated rings. The summed E-state index contributed by atoms with van der Waals surface area (Å²) >= 11 is 1.75. The topological polar surface area (TPSA) is 24.9 Å². The number of hydrogen-bond acceptors (Lipinski definition) is 3. The zero-order valence-corrected chi connectivity index (χ0v) is 11.3. The quantitative estimate of drug-likeness (QED) is 0.870. The van der Waals surface area contributed by atoms with Crippen LogP contribution < -0.4 is 5.32 Å². The lowest BCUT2D eigenvalue weighted by Crippen LogP contribution is -2.37. The van der Waals surface area contributed by atoms with Gasteiger partial charge in [-0.15, -0.1) is 11.3 Å². The van der Waals surface area contributed by atoms with Gasteiger partial charge in [0.1, 0.15) is 5.01 Å². The predicted molar refractivity (Wildman–Crippen MR) is 69.6 cm³/mol. The van der Waals surface area contributed by atoms with Gasteiger partial charge in [-0.25, -0.2) is 4.98 Å². The summed E-state index contributed by atoms with van der Waals surface area (Å²) in [4.78, 5) is 4.37. The third-order valence-corrected chi connectivity index (χ3v) is 4.86. The number of thiazole rings is 1. The van der Waals surface area contributed by atoms with Gasteiger partial charge in [-0.3, -0.25) is 0 Å². The Balaban J connectivity index is 1.86. The number of nitrogens with zero attached hydrogens (tertiary/aromatic N) is 1. The van der Waals surface area contributed by atoms with Crippen molar-refractivity contribution < 1.29 is 0 Å². The molecule has 0 spiro atoms. The van der Waals surface area contributed by atoms with Crippen LogP contribution in [0.2, 0.25) is 0 Å². The number of hydrogen-bond donors (Lipinski definition) is 1. The summed E-state index contributed by atoms with van der Waals surface area (Å²) in [7, 11) is 0. The van der Waals surface area contributed by atoms with Crippen LogP contribution in [0.4, 0.5) is 0 Å². The average Bonchev–Trinajstić information content (AvgIpc) is 2.77. The lowest BCUT2D eigenvalue weighted by atomic mass is 9.79. The summed E-state index contributed by atoms with van der Waals surface area (Å²) in [6, 6.07) is 1.09. The maximum Gasteiger partial charge on any atom is 0.109 e. The molecule has 4 atom stereocenters. The minimum atomic E-state index is 0.408. The van der Waals surface area contributed by atoms with Crippen LogP contribution in [-0.4, -0.2) is 11.0 Å². The van der Waals surface area contributed by atoms with E-state index in [2.05, 4.69) is 36.5 Å². The van der Waals surface area contributed by atoms with Crippen LogP contribution in [0.25, 0.3) is 0 Å². The first kappa shape index (κ1) is 12.1. The SMILES string of the molecule is CC(NC1CCC(C)C(C)C1)c1nccs1. The molecule has 1 aliphatic carbocycles. The zero-order chi connectivity index (χ0) is 11.5. The Bertz CT molecular complexity index is 310. The lowest BCUT2D eigenvalue weighted by molar-refractivity contribution is 0.217. The Kier molecular flexibility index (Phi) is 3.98. The summed E-state index contributed by atoms with van der Waals surface area (Å²) in [6.07, 6.45) is 5.89. The van der Waals surface area contributed by atoms with Crippen molar-refractivity contribution in [3.63, 3.8) is 0 Å². The smallest absolute Gasteiger partial charge is 0.109 e. The van der Waals surface area contributed by atoms with E-state index in [-0.39, 0.29) is 0 Å². The van der Waals surface area contributed by atoms with Gasteiger partial charge in [0.25, 0.3) is 0 Å². The Morgan fingerprint density at radius 1 is 1.38 bits per heavy atom. The van der Waals surface area contributed by atoms with E-state index in [1.54, 1.807) is 11.3 Å². The Morgan fingerprint density at radius 3 is 2.81 bits per heavy atom. The molecule has 16 heavy (non-hydrogen) atoms. The normalized spacial score (nSPS) is 32.6. The molecule has 1 aliphatic rings. The summed E-state index contributed by atoms with van der Waals surface area (Å²) in [6.45, 7) is 6.99. The van der Waals surface area contributed by atoms with Crippen molar-refractivity contribution in [1.29, 1.82) is 0 Å². The molecule has 0 amide bonds. The highest BCUT2D eigenvalue weighted by molar-refractivity contribution is 7.09. The number of rotatable bonds is 3. The van der Waals surface area contributed by atoms with E-state index in [9.17, 15) is 0 Å². The van der Waals surface area contributed by atoms with Crippen LogP contribution in [0.1, 0.15) is 51.1 Å². The summed E-state index contributed by atoms with van der Waals surface area (Å²) in [5.74, 6) is 1.75. The van der Waals surface area contributed by atoms with Crippen molar-refractivity contribution in [3.05, 3.63) is 16.6 Å². The molecule has 0 saturated heterocycles.